The lowest BCUT2D eigenvalue weighted by molar-refractivity contribution is -0.111. The first-order valence-corrected chi connectivity index (χ1v) is 7.42. The van der Waals surface area contributed by atoms with Crippen LogP contribution in [0.4, 0.5) is 5.69 Å². The number of carbonyl (C=O) groups is 1. The van der Waals surface area contributed by atoms with Crippen molar-refractivity contribution in [1.82, 2.24) is 4.98 Å². The molecule has 1 aromatic carbocycles. The van der Waals surface area contributed by atoms with Gasteiger partial charge in [0.15, 0.2) is 0 Å². The number of aryl methyl sites for hydroxylation is 1. The molecule has 0 spiro atoms. The molecule has 2 aromatic heterocycles. The van der Waals surface area contributed by atoms with Gasteiger partial charge in [-0.3, -0.25) is 9.78 Å². The number of ether oxygens (including phenoxy) is 1. The van der Waals surface area contributed by atoms with Crippen LogP contribution in [0.15, 0.2) is 71.4 Å². The minimum absolute atomic E-state index is 0.245. The average molecular weight is 320 g/mol. The van der Waals surface area contributed by atoms with E-state index in [1.807, 2.05) is 31.2 Å². The summed E-state index contributed by atoms with van der Waals surface area (Å²) in [4.78, 5) is 15.9. The average Bonchev–Trinajstić information content (AvgIpc) is 3.00. The second kappa shape index (κ2) is 7.28. The van der Waals surface area contributed by atoms with Crippen LogP contribution in [0.25, 0.3) is 6.08 Å². The lowest BCUT2D eigenvalue weighted by atomic mass is 10.3. The number of hydrogen-bond donors (Lipinski definition) is 1. The van der Waals surface area contributed by atoms with E-state index in [1.165, 1.54) is 6.08 Å². The summed E-state index contributed by atoms with van der Waals surface area (Å²) < 4.78 is 11.1. The molecular formula is C19H16N2O3. The van der Waals surface area contributed by atoms with Crippen molar-refractivity contribution >= 4 is 17.7 Å². The lowest BCUT2D eigenvalue weighted by Crippen LogP contribution is -2.07. The van der Waals surface area contributed by atoms with Gasteiger partial charge in [-0.2, -0.15) is 0 Å². The number of carbonyl (C=O) groups excluding carboxylic acids is 1. The van der Waals surface area contributed by atoms with E-state index < -0.39 is 0 Å². The van der Waals surface area contributed by atoms with E-state index in [-0.39, 0.29) is 5.91 Å². The molecule has 0 fully saturated rings. The van der Waals surface area contributed by atoms with Crippen molar-refractivity contribution in [1.29, 1.82) is 0 Å². The molecular weight excluding hydrogens is 304 g/mol. The maximum Gasteiger partial charge on any atom is 0.248 e. The van der Waals surface area contributed by atoms with Crippen molar-refractivity contribution in [3.8, 4) is 11.5 Å². The zero-order chi connectivity index (χ0) is 16.8. The summed E-state index contributed by atoms with van der Waals surface area (Å²) in [5, 5.41) is 2.79. The first-order valence-electron chi connectivity index (χ1n) is 7.42. The highest BCUT2D eigenvalue weighted by Gasteiger charge is 2.02. The van der Waals surface area contributed by atoms with Gasteiger partial charge < -0.3 is 14.5 Å². The summed E-state index contributed by atoms with van der Waals surface area (Å²) >= 11 is 0. The number of benzene rings is 1. The highest BCUT2D eigenvalue weighted by Crippen LogP contribution is 2.23. The van der Waals surface area contributed by atoms with E-state index in [0.29, 0.717) is 22.9 Å². The fraction of sp³-hybridized carbons (Fsp3) is 0.0526. The summed E-state index contributed by atoms with van der Waals surface area (Å²) in [6.45, 7) is 1.85. The van der Waals surface area contributed by atoms with Crippen LogP contribution in [0.1, 0.15) is 11.5 Å². The van der Waals surface area contributed by atoms with Crippen LogP contribution in [0.2, 0.25) is 0 Å². The molecule has 0 bridgehead atoms. The van der Waals surface area contributed by atoms with E-state index in [9.17, 15) is 4.79 Å². The van der Waals surface area contributed by atoms with Crippen molar-refractivity contribution in [3.63, 3.8) is 0 Å². The summed E-state index contributed by atoms with van der Waals surface area (Å²) in [6, 6.07) is 14.4. The fourth-order valence-corrected chi connectivity index (χ4v) is 2.06. The van der Waals surface area contributed by atoms with E-state index in [4.69, 9.17) is 9.15 Å². The molecule has 1 N–H and O–H groups in total. The SMILES string of the molecule is Cc1ccc(C=CC(=O)Nc2cccc(Oc3ccncc3)c2)o1. The molecule has 0 aliphatic rings. The molecule has 0 radical (unpaired) electrons. The highest BCUT2D eigenvalue weighted by atomic mass is 16.5. The maximum atomic E-state index is 12.0. The van der Waals surface area contributed by atoms with Gasteiger partial charge >= 0.3 is 0 Å². The van der Waals surface area contributed by atoms with Crippen molar-refractivity contribution in [2.75, 3.05) is 5.32 Å². The van der Waals surface area contributed by atoms with Gasteiger partial charge in [-0.25, -0.2) is 0 Å². The Kier molecular flexibility index (Phi) is 4.72. The minimum atomic E-state index is -0.245. The Morgan fingerprint density at radius 1 is 1.12 bits per heavy atom. The summed E-state index contributed by atoms with van der Waals surface area (Å²) in [6.07, 6.45) is 6.36. The molecule has 0 saturated heterocycles. The molecule has 120 valence electrons. The summed E-state index contributed by atoms with van der Waals surface area (Å²) in [7, 11) is 0. The topological polar surface area (TPSA) is 64.4 Å². The zero-order valence-electron chi connectivity index (χ0n) is 13.1. The summed E-state index contributed by atoms with van der Waals surface area (Å²) in [5.74, 6) is 2.50. The summed E-state index contributed by atoms with van der Waals surface area (Å²) in [5.41, 5.74) is 0.645. The minimum Gasteiger partial charge on any atom is -0.462 e. The Balaban J connectivity index is 1.63. The second-order valence-corrected chi connectivity index (χ2v) is 5.08. The van der Waals surface area contributed by atoms with Crippen molar-refractivity contribution in [2.45, 2.75) is 6.92 Å². The van der Waals surface area contributed by atoms with E-state index in [2.05, 4.69) is 10.3 Å². The molecule has 0 aliphatic carbocycles. The zero-order valence-corrected chi connectivity index (χ0v) is 13.1. The Bertz CT molecular complexity index is 854. The molecule has 0 atom stereocenters. The normalized spacial score (nSPS) is 10.7. The predicted octanol–water partition coefficient (Wildman–Crippen LogP) is 4.43. The third kappa shape index (κ3) is 4.33. The quantitative estimate of drug-likeness (QED) is 0.706. The smallest absolute Gasteiger partial charge is 0.248 e. The lowest BCUT2D eigenvalue weighted by Gasteiger charge is -2.07. The fourth-order valence-electron chi connectivity index (χ4n) is 2.06. The number of pyridine rings is 1. The number of aromatic nitrogens is 1. The van der Waals surface area contributed by atoms with Crippen LogP contribution in [0.5, 0.6) is 11.5 Å². The van der Waals surface area contributed by atoms with Gasteiger partial charge in [-0.1, -0.05) is 6.07 Å². The van der Waals surface area contributed by atoms with E-state index in [1.54, 1.807) is 42.7 Å². The van der Waals surface area contributed by atoms with Crippen molar-refractivity contribution in [3.05, 3.63) is 78.5 Å². The van der Waals surface area contributed by atoms with Gasteiger partial charge in [0.05, 0.1) is 0 Å². The van der Waals surface area contributed by atoms with Crippen LogP contribution in [0, 0.1) is 6.92 Å². The molecule has 2 heterocycles. The second-order valence-electron chi connectivity index (χ2n) is 5.08. The van der Waals surface area contributed by atoms with Gasteiger partial charge in [0, 0.05) is 30.2 Å². The number of anilines is 1. The van der Waals surface area contributed by atoms with Gasteiger partial charge in [-0.05, 0) is 49.4 Å². The Morgan fingerprint density at radius 3 is 2.71 bits per heavy atom. The van der Waals surface area contributed by atoms with Crippen LogP contribution < -0.4 is 10.1 Å². The van der Waals surface area contributed by atoms with Gasteiger partial charge in [0.1, 0.15) is 23.0 Å². The van der Waals surface area contributed by atoms with Gasteiger partial charge in [-0.15, -0.1) is 0 Å². The number of furan rings is 1. The van der Waals surface area contributed by atoms with Gasteiger partial charge in [0.25, 0.3) is 0 Å². The molecule has 5 heteroatoms. The third-order valence-corrected chi connectivity index (χ3v) is 3.15. The standard InChI is InChI=1S/C19H16N2O3/c1-14-5-6-16(23-14)7-8-19(22)21-15-3-2-4-18(13-15)24-17-9-11-20-12-10-17/h2-13H,1H3,(H,21,22). The first kappa shape index (κ1) is 15.6. The Morgan fingerprint density at radius 2 is 1.96 bits per heavy atom. The monoisotopic (exact) mass is 320 g/mol. The molecule has 0 aliphatic heterocycles. The van der Waals surface area contributed by atoms with Gasteiger partial charge in [0.2, 0.25) is 5.91 Å². The molecule has 0 saturated carbocycles. The number of hydrogen-bond acceptors (Lipinski definition) is 4. The van der Waals surface area contributed by atoms with Crippen molar-refractivity contribution < 1.29 is 13.9 Å². The van der Waals surface area contributed by atoms with Crippen LogP contribution in [-0.2, 0) is 4.79 Å². The van der Waals surface area contributed by atoms with E-state index in [0.717, 1.165) is 5.76 Å². The number of nitrogens with zero attached hydrogens (tertiary/aromatic N) is 1. The Labute approximate surface area is 139 Å². The Hall–Kier alpha value is -3.34. The number of amides is 1. The van der Waals surface area contributed by atoms with Crippen molar-refractivity contribution in [2.24, 2.45) is 0 Å². The van der Waals surface area contributed by atoms with Crippen LogP contribution in [0.3, 0.4) is 0 Å². The van der Waals surface area contributed by atoms with Crippen LogP contribution >= 0.6 is 0 Å². The molecule has 3 aromatic rings. The maximum absolute atomic E-state index is 12.0. The van der Waals surface area contributed by atoms with Crippen LogP contribution in [-0.4, -0.2) is 10.9 Å². The highest BCUT2D eigenvalue weighted by molar-refractivity contribution is 6.01. The molecule has 0 unspecified atom stereocenters. The molecule has 1 amide bonds. The molecule has 5 nitrogen and oxygen atoms in total. The van der Waals surface area contributed by atoms with E-state index >= 15 is 0 Å². The number of nitrogens with one attached hydrogen (secondary N) is 1. The largest absolute Gasteiger partial charge is 0.462 e. The molecule has 3 rings (SSSR count). The molecule has 24 heavy (non-hydrogen) atoms. The first-order chi connectivity index (χ1) is 11.7. The third-order valence-electron chi connectivity index (χ3n) is 3.15. The predicted molar refractivity (Wildman–Crippen MR) is 91.9 cm³/mol. The number of rotatable bonds is 5.